The number of halogens is 1. The molecule has 0 radical (unpaired) electrons. The van der Waals surface area contributed by atoms with Crippen LogP contribution >= 0.6 is 11.6 Å². The maximum Gasteiger partial charge on any atom is 0.171 e. The fraction of sp³-hybridized carbons (Fsp3) is 0.625. The molecule has 0 spiro atoms. The van der Waals surface area contributed by atoms with E-state index in [0.717, 1.165) is 6.42 Å². The van der Waals surface area contributed by atoms with Gasteiger partial charge in [-0.15, -0.1) is 0 Å². The van der Waals surface area contributed by atoms with E-state index in [9.17, 15) is 4.79 Å². The van der Waals surface area contributed by atoms with Crippen LogP contribution in [0.25, 0.3) is 0 Å². The van der Waals surface area contributed by atoms with Crippen molar-refractivity contribution in [3.8, 4) is 5.75 Å². The third-order valence-electron chi connectivity index (χ3n) is 2.88. The molecule has 0 aliphatic rings. The zero-order chi connectivity index (χ0) is 15.6. The van der Waals surface area contributed by atoms with E-state index in [2.05, 4.69) is 25.8 Å². The van der Waals surface area contributed by atoms with Crippen molar-refractivity contribution >= 4 is 17.4 Å². The van der Waals surface area contributed by atoms with Crippen LogP contribution in [0, 0.1) is 10.8 Å². The minimum absolute atomic E-state index is 0.0312. The Morgan fingerprint density at radius 3 is 2.30 bits per heavy atom. The molecule has 0 saturated carbocycles. The van der Waals surface area contributed by atoms with Gasteiger partial charge in [0.2, 0.25) is 0 Å². The van der Waals surface area contributed by atoms with Gasteiger partial charge in [0.25, 0.3) is 0 Å². The molecule has 112 valence electrons. The molecule has 1 aromatic rings. The molecule has 4 heteroatoms. The van der Waals surface area contributed by atoms with E-state index in [4.69, 9.17) is 16.3 Å². The topological polar surface area (TPSA) is 39.2 Å². The van der Waals surface area contributed by atoms with Gasteiger partial charge in [0.15, 0.2) is 11.5 Å². The first-order valence-corrected chi connectivity index (χ1v) is 7.21. The van der Waals surface area contributed by atoms with E-state index in [0.29, 0.717) is 22.9 Å². The summed E-state index contributed by atoms with van der Waals surface area (Å²) in [6.07, 6.45) is 3.97. The monoisotopic (exact) mass is 297 g/mol. The summed E-state index contributed by atoms with van der Waals surface area (Å²) in [6, 6.07) is 0. The number of Topliss-reactive ketones (excluding diaryl/α,β-unsaturated/α-hetero) is 1. The summed E-state index contributed by atoms with van der Waals surface area (Å²) in [5, 5.41) is 0.355. The number of pyridine rings is 1. The van der Waals surface area contributed by atoms with E-state index < -0.39 is 5.41 Å². The summed E-state index contributed by atoms with van der Waals surface area (Å²) in [6.45, 7) is 12.6. The van der Waals surface area contributed by atoms with Crippen LogP contribution in [0.3, 0.4) is 0 Å². The lowest BCUT2D eigenvalue weighted by Crippen LogP contribution is -2.21. The number of hydrogen-bond acceptors (Lipinski definition) is 3. The van der Waals surface area contributed by atoms with Gasteiger partial charge >= 0.3 is 0 Å². The zero-order valence-electron chi connectivity index (χ0n) is 13.2. The molecule has 0 aromatic carbocycles. The Labute approximate surface area is 126 Å². The lowest BCUT2D eigenvalue weighted by molar-refractivity contribution is 0.0857. The van der Waals surface area contributed by atoms with E-state index in [1.54, 1.807) is 6.20 Å². The van der Waals surface area contributed by atoms with Gasteiger partial charge in [-0.1, -0.05) is 53.1 Å². The van der Waals surface area contributed by atoms with Gasteiger partial charge < -0.3 is 4.74 Å². The highest BCUT2D eigenvalue weighted by Gasteiger charge is 2.26. The van der Waals surface area contributed by atoms with Gasteiger partial charge in [-0.05, 0) is 11.8 Å². The molecule has 0 aliphatic heterocycles. The SMILES string of the molecule is CC(C)(C)CCOc1cncc(C(=O)C(C)(C)C)c1Cl. The third kappa shape index (κ3) is 4.78. The minimum Gasteiger partial charge on any atom is -0.490 e. The highest BCUT2D eigenvalue weighted by Crippen LogP contribution is 2.32. The van der Waals surface area contributed by atoms with Gasteiger partial charge in [-0.25, -0.2) is 0 Å². The minimum atomic E-state index is -0.491. The second kappa shape index (κ2) is 6.13. The number of carbonyl (C=O) groups is 1. The standard InChI is InChI=1S/C16H24ClNO2/c1-15(2,3)7-8-20-12-10-18-9-11(13(12)17)14(19)16(4,5)6/h9-10H,7-8H2,1-6H3. The van der Waals surface area contributed by atoms with Crippen LogP contribution in [0.4, 0.5) is 0 Å². The molecule has 0 aliphatic carbocycles. The molecule has 0 unspecified atom stereocenters. The molecule has 0 N–H and O–H groups in total. The second-order valence-corrected chi connectivity index (χ2v) is 7.62. The van der Waals surface area contributed by atoms with Crippen molar-refractivity contribution in [2.75, 3.05) is 6.61 Å². The molecule has 1 rings (SSSR count). The molecule has 0 bridgehead atoms. The number of nitrogens with zero attached hydrogens (tertiary/aromatic N) is 1. The Morgan fingerprint density at radius 2 is 1.80 bits per heavy atom. The number of carbonyl (C=O) groups excluding carboxylic acids is 1. The number of rotatable bonds is 4. The Kier molecular flexibility index (Phi) is 5.20. The van der Waals surface area contributed by atoms with Crippen LogP contribution in [0.2, 0.25) is 5.02 Å². The quantitative estimate of drug-likeness (QED) is 0.751. The van der Waals surface area contributed by atoms with Crippen molar-refractivity contribution in [2.24, 2.45) is 10.8 Å². The van der Waals surface area contributed by atoms with Crippen molar-refractivity contribution in [3.05, 3.63) is 23.0 Å². The highest BCUT2D eigenvalue weighted by molar-refractivity contribution is 6.35. The Balaban J connectivity index is 2.88. The lowest BCUT2D eigenvalue weighted by Gasteiger charge is -2.20. The van der Waals surface area contributed by atoms with Crippen molar-refractivity contribution in [3.63, 3.8) is 0 Å². The van der Waals surface area contributed by atoms with Crippen molar-refractivity contribution < 1.29 is 9.53 Å². The van der Waals surface area contributed by atoms with Crippen LogP contribution in [0.1, 0.15) is 58.3 Å². The smallest absolute Gasteiger partial charge is 0.171 e. The maximum atomic E-state index is 12.3. The summed E-state index contributed by atoms with van der Waals surface area (Å²) >= 11 is 6.27. The first-order chi connectivity index (χ1) is 9.02. The number of hydrogen-bond donors (Lipinski definition) is 0. The van der Waals surface area contributed by atoms with Gasteiger partial charge in [-0.2, -0.15) is 0 Å². The predicted octanol–water partition coefficient (Wildman–Crippen LogP) is 4.78. The first-order valence-electron chi connectivity index (χ1n) is 6.83. The van der Waals surface area contributed by atoms with Crippen LogP contribution < -0.4 is 4.74 Å². The average molecular weight is 298 g/mol. The molecular weight excluding hydrogens is 274 g/mol. The first kappa shape index (κ1) is 17.0. The molecule has 0 fully saturated rings. The molecule has 0 atom stereocenters. The van der Waals surface area contributed by atoms with Crippen LogP contribution in [0.15, 0.2) is 12.4 Å². The summed E-state index contributed by atoms with van der Waals surface area (Å²) in [7, 11) is 0. The highest BCUT2D eigenvalue weighted by atomic mass is 35.5. The molecule has 0 saturated heterocycles. The second-order valence-electron chi connectivity index (χ2n) is 7.24. The maximum absolute atomic E-state index is 12.3. The van der Waals surface area contributed by atoms with Crippen molar-refractivity contribution in [1.29, 1.82) is 0 Å². The molecule has 1 heterocycles. The lowest BCUT2D eigenvalue weighted by atomic mass is 9.87. The van der Waals surface area contributed by atoms with Gasteiger partial charge in [0, 0.05) is 11.6 Å². The summed E-state index contributed by atoms with van der Waals surface area (Å²) in [5.41, 5.74) is 0.126. The van der Waals surface area contributed by atoms with Crippen LogP contribution in [0.5, 0.6) is 5.75 Å². The van der Waals surface area contributed by atoms with Crippen molar-refractivity contribution in [1.82, 2.24) is 4.98 Å². The Hall–Kier alpha value is -1.09. The van der Waals surface area contributed by atoms with E-state index in [1.807, 2.05) is 20.8 Å². The average Bonchev–Trinajstić information content (AvgIpc) is 2.28. The van der Waals surface area contributed by atoms with Gasteiger partial charge in [-0.3, -0.25) is 9.78 Å². The summed E-state index contributed by atoms with van der Waals surface area (Å²) < 4.78 is 5.67. The normalized spacial score (nSPS) is 12.3. The van der Waals surface area contributed by atoms with E-state index >= 15 is 0 Å². The van der Waals surface area contributed by atoms with Crippen LogP contribution in [-0.2, 0) is 0 Å². The van der Waals surface area contributed by atoms with Gasteiger partial charge in [0.1, 0.15) is 0 Å². The zero-order valence-corrected chi connectivity index (χ0v) is 14.0. The van der Waals surface area contributed by atoms with Crippen LogP contribution in [-0.4, -0.2) is 17.4 Å². The summed E-state index contributed by atoms with van der Waals surface area (Å²) in [4.78, 5) is 16.4. The Bertz CT molecular complexity index is 484. The number of ether oxygens (including phenoxy) is 1. The molecule has 20 heavy (non-hydrogen) atoms. The molecule has 1 aromatic heterocycles. The fourth-order valence-electron chi connectivity index (χ4n) is 1.56. The largest absolute Gasteiger partial charge is 0.490 e. The number of ketones is 1. The van der Waals surface area contributed by atoms with Gasteiger partial charge in [0.05, 0.1) is 23.4 Å². The number of aromatic nitrogens is 1. The molecular formula is C16H24ClNO2. The van der Waals surface area contributed by atoms with E-state index in [1.165, 1.54) is 6.20 Å². The fourth-order valence-corrected chi connectivity index (χ4v) is 1.79. The Morgan fingerprint density at radius 1 is 1.20 bits per heavy atom. The third-order valence-corrected chi connectivity index (χ3v) is 3.27. The predicted molar refractivity (Wildman–Crippen MR) is 82.6 cm³/mol. The van der Waals surface area contributed by atoms with E-state index in [-0.39, 0.29) is 11.2 Å². The molecule has 3 nitrogen and oxygen atoms in total. The van der Waals surface area contributed by atoms with Crippen molar-refractivity contribution in [2.45, 2.75) is 48.0 Å². The summed E-state index contributed by atoms with van der Waals surface area (Å²) in [5.74, 6) is 0.447. The molecule has 0 amide bonds.